The molecule has 104 valence electrons. The summed E-state index contributed by atoms with van der Waals surface area (Å²) in [4.78, 5) is 14.6. The van der Waals surface area contributed by atoms with Crippen molar-refractivity contribution < 1.29 is 18.0 Å². The molecule has 0 spiro atoms. The van der Waals surface area contributed by atoms with Crippen molar-refractivity contribution in [1.82, 2.24) is 0 Å². The molecule has 0 fully saturated rings. The van der Waals surface area contributed by atoms with Gasteiger partial charge in [-0.2, -0.15) is 13.2 Å². The lowest BCUT2D eigenvalue weighted by atomic mass is 10.2. The average molecular weight is 312 g/mol. The van der Waals surface area contributed by atoms with Gasteiger partial charge < -0.3 is 11.5 Å². The number of amidine groups is 1. The monoisotopic (exact) mass is 311 g/mol. The standard InChI is InChI=1S/C10H9ClF3N3OS/c11-4-8(15)17-6-1-5(9(16)18)2-7(3-6)19-10(12,13)14/h1-3H,4H2,(H2,15,17)(H2,16,18). The number of amides is 1. The van der Waals surface area contributed by atoms with Gasteiger partial charge in [0.25, 0.3) is 0 Å². The molecule has 1 amide bonds. The maximum Gasteiger partial charge on any atom is 0.446 e. The Morgan fingerprint density at radius 3 is 2.42 bits per heavy atom. The number of nitrogens with two attached hydrogens (primary N) is 2. The fourth-order valence-electron chi connectivity index (χ4n) is 1.18. The number of hydrogen-bond acceptors (Lipinski definition) is 3. The number of halogens is 4. The van der Waals surface area contributed by atoms with E-state index in [0.29, 0.717) is 0 Å². The molecule has 0 saturated carbocycles. The highest BCUT2D eigenvalue weighted by molar-refractivity contribution is 8.00. The van der Waals surface area contributed by atoms with Gasteiger partial charge in [0.2, 0.25) is 5.91 Å². The van der Waals surface area contributed by atoms with Gasteiger partial charge in [-0.05, 0) is 30.0 Å². The van der Waals surface area contributed by atoms with Crippen molar-refractivity contribution in [3.05, 3.63) is 23.8 Å². The number of thioether (sulfide) groups is 1. The van der Waals surface area contributed by atoms with E-state index in [0.717, 1.165) is 12.1 Å². The quantitative estimate of drug-likeness (QED) is 0.388. The minimum absolute atomic E-state index is 0.0197. The van der Waals surface area contributed by atoms with Gasteiger partial charge in [-0.25, -0.2) is 4.99 Å². The topological polar surface area (TPSA) is 81.5 Å². The Balaban J connectivity index is 3.22. The maximum absolute atomic E-state index is 12.3. The number of benzene rings is 1. The van der Waals surface area contributed by atoms with E-state index >= 15 is 0 Å². The van der Waals surface area contributed by atoms with Crippen LogP contribution in [0.25, 0.3) is 0 Å². The fraction of sp³-hybridized carbons (Fsp3) is 0.200. The molecule has 4 nitrogen and oxygen atoms in total. The van der Waals surface area contributed by atoms with Crippen LogP contribution in [0.1, 0.15) is 10.4 Å². The van der Waals surface area contributed by atoms with Crippen molar-refractivity contribution in [3.63, 3.8) is 0 Å². The molecule has 0 heterocycles. The van der Waals surface area contributed by atoms with Gasteiger partial charge in [-0.1, -0.05) is 0 Å². The second-order valence-electron chi connectivity index (χ2n) is 3.36. The van der Waals surface area contributed by atoms with Crippen molar-refractivity contribution in [2.45, 2.75) is 10.4 Å². The molecule has 0 aromatic heterocycles. The van der Waals surface area contributed by atoms with Gasteiger partial charge in [-0.15, -0.1) is 11.6 Å². The molecule has 4 N–H and O–H groups in total. The van der Waals surface area contributed by atoms with Gasteiger partial charge in [0.05, 0.1) is 11.6 Å². The van der Waals surface area contributed by atoms with E-state index in [1.165, 1.54) is 6.07 Å². The summed E-state index contributed by atoms with van der Waals surface area (Å²) in [6, 6.07) is 3.42. The van der Waals surface area contributed by atoms with Crippen molar-refractivity contribution in [1.29, 1.82) is 0 Å². The lowest BCUT2D eigenvalue weighted by molar-refractivity contribution is -0.0328. The van der Waals surface area contributed by atoms with Gasteiger partial charge in [0.1, 0.15) is 5.84 Å². The minimum Gasteiger partial charge on any atom is -0.386 e. The molecule has 0 atom stereocenters. The van der Waals surface area contributed by atoms with E-state index in [9.17, 15) is 18.0 Å². The Morgan fingerprint density at radius 1 is 1.32 bits per heavy atom. The smallest absolute Gasteiger partial charge is 0.386 e. The number of alkyl halides is 4. The highest BCUT2D eigenvalue weighted by Gasteiger charge is 2.29. The van der Waals surface area contributed by atoms with Crippen molar-refractivity contribution in [2.24, 2.45) is 16.5 Å². The van der Waals surface area contributed by atoms with E-state index in [-0.39, 0.29) is 39.6 Å². The van der Waals surface area contributed by atoms with Crippen LogP contribution in [0.4, 0.5) is 18.9 Å². The van der Waals surface area contributed by atoms with Gasteiger partial charge in [0.15, 0.2) is 0 Å². The molecule has 0 unspecified atom stereocenters. The third kappa shape index (κ3) is 5.39. The van der Waals surface area contributed by atoms with Gasteiger partial charge in [0, 0.05) is 10.5 Å². The maximum atomic E-state index is 12.3. The molecular formula is C10H9ClF3N3OS. The number of hydrogen-bond donors (Lipinski definition) is 2. The summed E-state index contributed by atoms with van der Waals surface area (Å²) in [5.74, 6) is -0.917. The van der Waals surface area contributed by atoms with Crippen LogP contribution in [0.3, 0.4) is 0 Å². The van der Waals surface area contributed by atoms with Crippen LogP contribution in [0.2, 0.25) is 0 Å². The van der Waals surface area contributed by atoms with E-state index < -0.39 is 11.4 Å². The van der Waals surface area contributed by atoms with Crippen LogP contribution >= 0.6 is 23.4 Å². The lowest BCUT2D eigenvalue weighted by Gasteiger charge is -2.08. The summed E-state index contributed by atoms with van der Waals surface area (Å²) in [7, 11) is 0. The van der Waals surface area contributed by atoms with Gasteiger partial charge in [-0.3, -0.25) is 4.79 Å². The molecule has 0 aliphatic rings. The van der Waals surface area contributed by atoms with E-state index in [1.807, 2.05) is 0 Å². The largest absolute Gasteiger partial charge is 0.446 e. The van der Waals surface area contributed by atoms with Gasteiger partial charge >= 0.3 is 5.51 Å². The summed E-state index contributed by atoms with van der Waals surface area (Å²) in [5, 5.41) is 0. The second-order valence-corrected chi connectivity index (χ2v) is 4.77. The highest BCUT2D eigenvalue weighted by atomic mass is 35.5. The van der Waals surface area contributed by atoms with Crippen LogP contribution in [0.5, 0.6) is 0 Å². The highest BCUT2D eigenvalue weighted by Crippen LogP contribution is 2.38. The third-order valence-electron chi connectivity index (χ3n) is 1.82. The zero-order valence-corrected chi connectivity index (χ0v) is 10.9. The van der Waals surface area contributed by atoms with E-state index in [4.69, 9.17) is 23.1 Å². The zero-order valence-electron chi connectivity index (χ0n) is 9.37. The first-order valence-electron chi connectivity index (χ1n) is 4.81. The predicted octanol–water partition coefficient (Wildman–Crippen LogP) is 2.62. The van der Waals surface area contributed by atoms with Crippen molar-refractivity contribution in [3.8, 4) is 0 Å². The number of primary amides is 1. The fourth-order valence-corrected chi connectivity index (χ4v) is 1.87. The van der Waals surface area contributed by atoms with E-state index in [2.05, 4.69) is 4.99 Å². The Labute approximate surface area is 116 Å². The van der Waals surface area contributed by atoms with Crippen LogP contribution < -0.4 is 11.5 Å². The molecule has 9 heteroatoms. The van der Waals surface area contributed by atoms with E-state index in [1.54, 1.807) is 0 Å². The third-order valence-corrected chi connectivity index (χ3v) is 2.80. The van der Waals surface area contributed by atoms with Crippen LogP contribution in [-0.4, -0.2) is 23.1 Å². The first-order valence-corrected chi connectivity index (χ1v) is 6.16. The molecule has 0 bridgehead atoms. The Kier molecular flexibility index (Phi) is 5.07. The Morgan fingerprint density at radius 2 is 1.95 bits per heavy atom. The minimum atomic E-state index is -4.48. The summed E-state index contributed by atoms with van der Waals surface area (Å²) in [6.45, 7) is 0. The first-order chi connectivity index (χ1) is 8.71. The summed E-state index contributed by atoms with van der Waals surface area (Å²) in [6.07, 6.45) is 0. The molecule has 0 radical (unpaired) electrons. The molecule has 0 aliphatic heterocycles. The molecular weight excluding hydrogens is 303 g/mol. The predicted molar refractivity (Wildman–Crippen MR) is 68.9 cm³/mol. The molecule has 1 aromatic carbocycles. The summed E-state index contributed by atoms with van der Waals surface area (Å²) in [5.41, 5.74) is 5.94. The summed E-state index contributed by atoms with van der Waals surface area (Å²) >= 11 is 5.05. The van der Waals surface area contributed by atoms with Crippen molar-refractivity contribution >= 4 is 40.8 Å². The first kappa shape index (κ1) is 15.6. The molecule has 0 saturated heterocycles. The van der Waals surface area contributed by atoms with Crippen LogP contribution in [0, 0.1) is 0 Å². The summed E-state index contributed by atoms with van der Waals surface area (Å²) < 4.78 is 36.9. The molecule has 0 aliphatic carbocycles. The number of nitrogens with zero attached hydrogens (tertiary/aromatic N) is 1. The number of rotatable bonds is 4. The average Bonchev–Trinajstić information content (AvgIpc) is 2.25. The SMILES string of the molecule is NC(=O)c1cc(N=C(N)CCl)cc(SC(F)(F)F)c1. The number of aliphatic imine (C=N–C) groups is 1. The van der Waals surface area contributed by atoms with Crippen molar-refractivity contribution in [2.75, 3.05) is 5.88 Å². The zero-order chi connectivity index (χ0) is 14.6. The molecule has 1 rings (SSSR count). The second kappa shape index (κ2) is 6.16. The number of carbonyl (C=O) groups is 1. The molecule has 19 heavy (non-hydrogen) atoms. The van der Waals surface area contributed by atoms with Crippen LogP contribution in [-0.2, 0) is 0 Å². The Hall–Kier alpha value is -1.41. The normalized spacial score (nSPS) is 12.5. The Bertz CT molecular complexity index is 519. The lowest BCUT2D eigenvalue weighted by Crippen LogP contribution is -2.13. The number of carbonyl (C=O) groups excluding carboxylic acids is 1. The van der Waals surface area contributed by atoms with Crippen LogP contribution in [0.15, 0.2) is 28.1 Å². The molecule has 1 aromatic rings.